The Morgan fingerprint density at radius 1 is 0.850 bits per heavy atom. The molecule has 1 atom stereocenters. The summed E-state index contributed by atoms with van der Waals surface area (Å²) in [6.45, 7) is 0. The molecule has 2 aliphatic heterocycles. The van der Waals surface area contributed by atoms with Gasteiger partial charge in [-0.1, -0.05) is 36.4 Å². The summed E-state index contributed by atoms with van der Waals surface area (Å²) in [6.07, 6.45) is -0.940. The molecular weight excluding hydrogens is 250 g/mol. The molecule has 1 aromatic carbocycles. The molecule has 96 valence electrons. The molecule has 0 aromatic heterocycles. The lowest BCUT2D eigenvalue weighted by molar-refractivity contribution is 0.186. The van der Waals surface area contributed by atoms with Gasteiger partial charge in [-0.25, -0.2) is 15.0 Å². The van der Waals surface area contributed by atoms with Crippen molar-refractivity contribution >= 4 is 5.82 Å². The predicted molar refractivity (Wildman–Crippen MR) is 74.2 cm³/mol. The molecule has 1 N–H and O–H groups in total. The number of aliphatic hydroxyl groups excluding tert-OH is 1. The van der Waals surface area contributed by atoms with Crippen molar-refractivity contribution in [3.63, 3.8) is 0 Å². The first-order chi connectivity index (χ1) is 9.83. The molecule has 4 nitrogen and oxygen atoms in total. The Balaban J connectivity index is 2.12. The van der Waals surface area contributed by atoms with Crippen molar-refractivity contribution in [2.24, 2.45) is 9.98 Å². The van der Waals surface area contributed by atoms with Gasteiger partial charge in [0.15, 0.2) is 12.0 Å². The molecule has 3 aliphatic rings. The SMILES string of the molecule is OC1N=c2ccccc2=Nc2nc3cccccc-3c21. The fourth-order valence-corrected chi connectivity index (χ4v) is 2.48. The number of benzene rings is 1. The van der Waals surface area contributed by atoms with Gasteiger partial charge in [-0.3, -0.25) is 0 Å². The van der Waals surface area contributed by atoms with Gasteiger partial charge in [-0.2, -0.15) is 0 Å². The third-order valence-electron chi connectivity index (χ3n) is 3.40. The fourth-order valence-electron chi connectivity index (χ4n) is 2.48. The molecule has 1 unspecified atom stereocenters. The van der Waals surface area contributed by atoms with Gasteiger partial charge >= 0.3 is 0 Å². The molecule has 0 bridgehead atoms. The lowest BCUT2D eigenvalue weighted by Gasteiger charge is -2.04. The van der Waals surface area contributed by atoms with Gasteiger partial charge in [0.1, 0.15) is 0 Å². The van der Waals surface area contributed by atoms with Crippen molar-refractivity contribution < 1.29 is 5.11 Å². The van der Waals surface area contributed by atoms with E-state index in [0.29, 0.717) is 16.7 Å². The van der Waals surface area contributed by atoms with Crippen molar-refractivity contribution in [2.45, 2.75) is 6.23 Å². The summed E-state index contributed by atoms with van der Waals surface area (Å²) in [6, 6.07) is 17.1. The number of para-hydroxylation sites is 2. The molecule has 4 rings (SSSR count). The summed E-state index contributed by atoms with van der Waals surface area (Å²) < 4.78 is 0. The number of rotatable bonds is 0. The van der Waals surface area contributed by atoms with E-state index in [2.05, 4.69) is 15.0 Å². The number of aliphatic hydroxyl groups is 1. The van der Waals surface area contributed by atoms with E-state index < -0.39 is 6.23 Å². The third kappa shape index (κ3) is 1.62. The zero-order chi connectivity index (χ0) is 13.5. The van der Waals surface area contributed by atoms with Gasteiger partial charge in [0.25, 0.3) is 0 Å². The first-order valence-corrected chi connectivity index (χ1v) is 6.41. The van der Waals surface area contributed by atoms with E-state index in [4.69, 9.17) is 0 Å². The minimum Gasteiger partial charge on any atom is -0.368 e. The second-order valence-corrected chi connectivity index (χ2v) is 4.66. The highest BCUT2D eigenvalue weighted by atomic mass is 16.3. The van der Waals surface area contributed by atoms with Crippen LogP contribution in [0.15, 0.2) is 64.6 Å². The highest BCUT2D eigenvalue weighted by Crippen LogP contribution is 2.37. The zero-order valence-electron chi connectivity index (χ0n) is 10.6. The molecule has 0 saturated carbocycles. The lowest BCUT2D eigenvalue weighted by atomic mass is 10.1. The Morgan fingerprint density at radius 2 is 1.60 bits per heavy atom. The Bertz CT molecular complexity index is 888. The average molecular weight is 261 g/mol. The Hall–Kier alpha value is -2.59. The minimum absolute atomic E-state index is 0.549. The maximum atomic E-state index is 10.4. The van der Waals surface area contributed by atoms with Crippen LogP contribution in [-0.4, -0.2) is 10.1 Å². The van der Waals surface area contributed by atoms with E-state index in [9.17, 15) is 5.11 Å². The molecule has 0 fully saturated rings. The second-order valence-electron chi connectivity index (χ2n) is 4.66. The van der Waals surface area contributed by atoms with Crippen LogP contribution in [0.5, 0.6) is 0 Å². The normalized spacial score (nSPS) is 16.6. The molecule has 0 radical (unpaired) electrons. The average Bonchev–Trinajstić information content (AvgIpc) is 2.59. The molecular formula is C16H11N3O. The maximum Gasteiger partial charge on any atom is 0.176 e. The Kier molecular flexibility index (Phi) is 2.37. The lowest BCUT2D eigenvalue weighted by Crippen LogP contribution is -2.24. The largest absolute Gasteiger partial charge is 0.368 e. The zero-order valence-corrected chi connectivity index (χ0v) is 10.6. The summed E-state index contributed by atoms with van der Waals surface area (Å²) in [5.74, 6) is 0.549. The fraction of sp³-hybridized carbons (Fsp3) is 0.0625. The van der Waals surface area contributed by atoms with E-state index in [1.807, 2.05) is 54.6 Å². The van der Waals surface area contributed by atoms with Crippen LogP contribution in [-0.2, 0) is 0 Å². The van der Waals surface area contributed by atoms with Crippen LogP contribution in [0.3, 0.4) is 0 Å². The molecule has 4 heteroatoms. The summed E-state index contributed by atoms with van der Waals surface area (Å²) in [7, 11) is 0. The van der Waals surface area contributed by atoms with Gasteiger partial charge in [-0.05, 0) is 18.2 Å². The minimum atomic E-state index is -0.940. The van der Waals surface area contributed by atoms with E-state index in [1.165, 1.54) is 0 Å². The van der Waals surface area contributed by atoms with Crippen molar-refractivity contribution in [2.75, 3.05) is 0 Å². The van der Waals surface area contributed by atoms with Crippen LogP contribution in [0.2, 0.25) is 0 Å². The smallest absolute Gasteiger partial charge is 0.176 e. The quantitative estimate of drug-likeness (QED) is 0.670. The maximum absolute atomic E-state index is 10.4. The van der Waals surface area contributed by atoms with Crippen LogP contribution in [0.1, 0.15) is 11.8 Å². The number of hydrogen-bond acceptors (Lipinski definition) is 4. The van der Waals surface area contributed by atoms with Gasteiger partial charge in [0.2, 0.25) is 0 Å². The monoisotopic (exact) mass is 261 g/mol. The molecule has 0 saturated heterocycles. The first-order valence-electron chi connectivity index (χ1n) is 6.41. The second kappa shape index (κ2) is 4.21. The van der Waals surface area contributed by atoms with Crippen molar-refractivity contribution in [1.82, 2.24) is 4.98 Å². The summed E-state index contributed by atoms with van der Waals surface area (Å²) in [5.41, 5.74) is 2.38. The van der Waals surface area contributed by atoms with E-state index >= 15 is 0 Å². The highest BCUT2D eigenvalue weighted by molar-refractivity contribution is 5.73. The molecule has 0 amide bonds. The van der Waals surface area contributed by atoms with Gasteiger partial charge < -0.3 is 5.11 Å². The van der Waals surface area contributed by atoms with E-state index in [1.54, 1.807) is 0 Å². The number of aromatic nitrogens is 1. The van der Waals surface area contributed by atoms with Crippen LogP contribution < -0.4 is 10.7 Å². The van der Waals surface area contributed by atoms with Crippen LogP contribution in [0.25, 0.3) is 11.3 Å². The van der Waals surface area contributed by atoms with Crippen molar-refractivity contribution in [3.8, 4) is 11.3 Å². The topological polar surface area (TPSA) is 57.8 Å². The van der Waals surface area contributed by atoms with Crippen LogP contribution in [0, 0.1) is 0 Å². The number of fused-ring (bicyclic) bond motifs is 4. The number of hydrogen-bond donors (Lipinski definition) is 1. The summed E-state index contributed by atoms with van der Waals surface area (Å²) >= 11 is 0. The van der Waals surface area contributed by atoms with E-state index in [0.717, 1.165) is 16.6 Å². The van der Waals surface area contributed by atoms with Crippen LogP contribution in [0.4, 0.5) is 5.82 Å². The Labute approximate surface area is 115 Å². The van der Waals surface area contributed by atoms with Crippen molar-refractivity contribution in [3.05, 3.63) is 70.9 Å². The Morgan fingerprint density at radius 3 is 2.50 bits per heavy atom. The van der Waals surface area contributed by atoms with Gasteiger partial charge in [-0.15, -0.1) is 0 Å². The molecule has 1 aliphatic carbocycles. The summed E-state index contributed by atoms with van der Waals surface area (Å²) in [4.78, 5) is 13.4. The van der Waals surface area contributed by atoms with Crippen molar-refractivity contribution in [1.29, 1.82) is 0 Å². The van der Waals surface area contributed by atoms with E-state index in [-0.39, 0.29) is 0 Å². The standard InChI is InChI=1S/C16H11N3O/c20-16-14-10-6-2-1-3-7-11(10)17-15(14)18-12-8-4-5-9-13(12)19-16/h1-9,16,20H. The third-order valence-corrected chi connectivity index (χ3v) is 3.40. The number of nitrogens with zero attached hydrogens (tertiary/aromatic N) is 3. The molecule has 0 spiro atoms. The predicted octanol–water partition coefficient (Wildman–Crippen LogP) is 1.76. The molecule has 1 aromatic rings. The van der Waals surface area contributed by atoms with Gasteiger partial charge in [0.05, 0.1) is 22.0 Å². The van der Waals surface area contributed by atoms with Crippen LogP contribution >= 0.6 is 0 Å². The highest BCUT2D eigenvalue weighted by Gasteiger charge is 2.23. The molecule has 2 heterocycles. The molecule has 20 heavy (non-hydrogen) atoms. The van der Waals surface area contributed by atoms with Gasteiger partial charge in [0, 0.05) is 5.56 Å². The summed E-state index contributed by atoms with van der Waals surface area (Å²) in [5, 5.41) is 11.8. The first kappa shape index (κ1) is 11.3.